The molecule has 0 spiro atoms. The van der Waals surface area contributed by atoms with E-state index in [0.717, 1.165) is 31.6 Å². The fraction of sp³-hybridized carbons (Fsp3) is 0.471. The van der Waals surface area contributed by atoms with Gasteiger partial charge in [0.05, 0.1) is 16.7 Å². The Kier molecular flexibility index (Phi) is 5.04. The summed E-state index contributed by atoms with van der Waals surface area (Å²) in [5.74, 6) is -0.927. The minimum Gasteiger partial charge on any atom is -0.387 e. The zero-order valence-corrected chi connectivity index (χ0v) is 13.8. The van der Waals surface area contributed by atoms with Gasteiger partial charge in [0.1, 0.15) is 11.6 Å². The summed E-state index contributed by atoms with van der Waals surface area (Å²) < 4.78 is 27.4. The van der Waals surface area contributed by atoms with Gasteiger partial charge >= 0.3 is 0 Å². The lowest BCUT2D eigenvalue weighted by Crippen LogP contribution is -2.36. The van der Waals surface area contributed by atoms with Crippen LogP contribution in [0, 0.1) is 18.6 Å². The molecule has 124 valence electrons. The molecule has 0 aliphatic carbocycles. The van der Waals surface area contributed by atoms with Crippen LogP contribution in [0.2, 0.25) is 0 Å². The molecule has 0 amide bonds. The number of piperidine rings is 1. The van der Waals surface area contributed by atoms with E-state index >= 15 is 0 Å². The molecule has 6 heteroatoms. The Morgan fingerprint density at radius 1 is 1.30 bits per heavy atom. The molecule has 1 fully saturated rings. The molecule has 1 N–H and O–H groups in total. The Labute approximate surface area is 138 Å². The monoisotopic (exact) mass is 338 g/mol. The van der Waals surface area contributed by atoms with Crippen LogP contribution >= 0.6 is 11.3 Å². The van der Waals surface area contributed by atoms with Crippen molar-refractivity contribution in [1.29, 1.82) is 0 Å². The number of hydrogen-bond acceptors (Lipinski definition) is 4. The van der Waals surface area contributed by atoms with Crippen molar-refractivity contribution >= 4 is 11.3 Å². The van der Waals surface area contributed by atoms with Crippen molar-refractivity contribution in [3.8, 4) is 0 Å². The summed E-state index contributed by atoms with van der Waals surface area (Å²) in [6.07, 6.45) is 0.772. The van der Waals surface area contributed by atoms with Gasteiger partial charge in [-0.15, -0.1) is 11.3 Å². The smallest absolute Gasteiger partial charge is 0.131 e. The summed E-state index contributed by atoms with van der Waals surface area (Å²) in [5.41, 5.74) is 0.822. The van der Waals surface area contributed by atoms with Gasteiger partial charge in [-0.3, -0.25) is 0 Å². The molecule has 1 atom stereocenters. The van der Waals surface area contributed by atoms with Crippen LogP contribution in [-0.4, -0.2) is 34.6 Å². The Balaban J connectivity index is 1.58. The van der Waals surface area contributed by atoms with Crippen LogP contribution in [0.4, 0.5) is 8.78 Å². The van der Waals surface area contributed by atoms with E-state index in [1.54, 1.807) is 11.3 Å². The van der Waals surface area contributed by atoms with Gasteiger partial charge in [0.2, 0.25) is 0 Å². The van der Waals surface area contributed by atoms with Crippen molar-refractivity contribution < 1.29 is 13.9 Å². The van der Waals surface area contributed by atoms with E-state index in [4.69, 9.17) is 0 Å². The van der Waals surface area contributed by atoms with Gasteiger partial charge < -0.3 is 10.0 Å². The second-order valence-corrected chi connectivity index (χ2v) is 6.94. The number of thiazole rings is 1. The molecule has 0 radical (unpaired) electrons. The van der Waals surface area contributed by atoms with Crippen molar-refractivity contribution in [2.75, 3.05) is 19.6 Å². The summed E-state index contributed by atoms with van der Waals surface area (Å²) in [7, 11) is 0. The van der Waals surface area contributed by atoms with Gasteiger partial charge in [0.25, 0.3) is 0 Å². The van der Waals surface area contributed by atoms with Crippen LogP contribution < -0.4 is 0 Å². The Morgan fingerprint density at radius 3 is 2.52 bits per heavy atom. The highest BCUT2D eigenvalue weighted by Gasteiger charge is 2.26. The first-order valence-corrected chi connectivity index (χ1v) is 8.69. The average molecular weight is 338 g/mol. The largest absolute Gasteiger partial charge is 0.387 e. The maximum Gasteiger partial charge on any atom is 0.131 e. The van der Waals surface area contributed by atoms with Gasteiger partial charge in [0, 0.05) is 23.5 Å². The van der Waals surface area contributed by atoms with Gasteiger partial charge in [-0.1, -0.05) is 6.07 Å². The normalized spacial score (nSPS) is 18.3. The third kappa shape index (κ3) is 3.76. The second kappa shape index (κ2) is 7.03. The van der Waals surface area contributed by atoms with E-state index in [-0.39, 0.29) is 12.1 Å². The quantitative estimate of drug-likeness (QED) is 0.924. The molecule has 3 rings (SSSR count). The lowest BCUT2D eigenvalue weighted by Gasteiger charge is -2.32. The highest BCUT2D eigenvalue weighted by atomic mass is 32.1. The third-order valence-corrected chi connectivity index (χ3v) is 5.46. The molecule has 1 unspecified atom stereocenters. The standard InChI is InChI=1S/C17H20F2N2OS/c1-11-10-23-17(20-11)12-5-7-21(8-6-12)9-15(22)16-13(18)3-2-4-14(16)19/h2-4,10,12,15,22H,5-9H2,1H3. The number of hydrogen-bond donors (Lipinski definition) is 1. The molecular weight excluding hydrogens is 318 g/mol. The number of aromatic nitrogens is 1. The summed E-state index contributed by atoms with van der Waals surface area (Å²) >= 11 is 1.69. The lowest BCUT2D eigenvalue weighted by atomic mass is 9.96. The summed E-state index contributed by atoms with van der Waals surface area (Å²) in [6, 6.07) is 3.67. The minimum absolute atomic E-state index is 0.231. The van der Waals surface area contributed by atoms with Gasteiger partial charge in [-0.25, -0.2) is 13.8 Å². The average Bonchev–Trinajstić information content (AvgIpc) is 2.94. The first kappa shape index (κ1) is 16.5. The zero-order chi connectivity index (χ0) is 16.4. The second-order valence-electron chi connectivity index (χ2n) is 6.05. The van der Waals surface area contributed by atoms with Crippen molar-refractivity contribution in [2.45, 2.75) is 31.8 Å². The number of halogens is 2. The number of nitrogens with zero attached hydrogens (tertiary/aromatic N) is 2. The highest BCUT2D eigenvalue weighted by Crippen LogP contribution is 2.31. The summed E-state index contributed by atoms with van der Waals surface area (Å²) in [6.45, 7) is 3.85. The SMILES string of the molecule is Cc1csc(C2CCN(CC(O)c3c(F)cccc3F)CC2)n1. The predicted octanol–water partition coefficient (Wildman–Crippen LogP) is 3.64. The van der Waals surface area contributed by atoms with E-state index in [2.05, 4.69) is 15.3 Å². The zero-order valence-electron chi connectivity index (χ0n) is 13.0. The fourth-order valence-electron chi connectivity index (χ4n) is 3.09. The number of aliphatic hydroxyl groups excluding tert-OH is 1. The molecule has 2 aromatic rings. The molecule has 1 saturated heterocycles. The highest BCUT2D eigenvalue weighted by molar-refractivity contribution is 7.09. The third-order valence-electron chi connectivity index (χ3n) is 4.34. The molecule has 1 aromatic carbocycles. The van der Waals surface area contributed by atoms with Crippen molar-refractivity contribution in [3.63, 3.8) is 0 Å². The Morgan fingerprint density at radius 2 is 1.96 bits per heavy atom. The maximum absolute atomic E-state index is 13.7. The molecule has 0 saturated carbocycles. The molecule has 23 heavy (non-hydrogen) atoms. The molecular formula is C17H20F2N2OS. The Hall–Kier alpha value is -1.37. The van der Waals surface area contributed by atoms with Crippen LogP contribution in [0.25, 0.3) is 0 Å². The van der Waals surface area contributed by atoms with E-state index in [1.165, 1.54) is 23.2 Å². The lowest BCUT2D eigenvalue weighted by molar-refractivity contribution is 0.0920. The van der Waals surface area contributed by atoms with Crippen molar-refractivity contribution in [1.82, 2.24) is 9.88 Å². The summed E-state index contributed by atoms with van der Waals surface area (Å²) in [5, 5.41) is 13.4. The van der Waals surface area contributed by atoms with E-state index in [1.807, 2.05) is 6.92 Å². The molecule has 0 bridgehead atoms. The van der Waals surface area contributed by atoms with Gasteiger partial charge in [-0.05, 0) is 45.0 Å². The number of benzene rings is 1. The number of aliphatic hydroxyl groups is 1. The molecule has 1 aliphatic rings. The van der Waals surface area contributed by atoms with Crippen LogP contribution in [0.1, 0.15) is 41.1 Å². The van der Waals surface area contributed by atoms with Gasteiger partial charge in [-0.2, -0.15) is 0 Å². The summed E-state index contributed by atoms with van der Waals surface area (Å²) in [4.78, 5) is 6.61. The molecule has 1 aromatic heterocycles. The maximum atomic E-state index is 13.7. The number of rotatable bonds is 4. The van der Waals surface area contributed by atoms with Crippen molar-refractivity contribution in [3.05, 3.63) is 51.5 Å². The van der Waals surface area contributed by atoms with E-state index in [9.17, 15) is 13.9 Å². The number of β-amino-alcohol motifs (C(OH)–C–C–N with tert-alkyl or cyclic N) is 1. The van der Waals surface area contributed by atoms with Gasteiger partial charge in [0.15, 0.2) is 0 Å². The molecule has 2 heterocycles. The predicted molar refractivity (Wildman–Crippen MR) is 86.6 cm³/mol. The minimum atomic E-state index is -1.14. The molecule has 3 nitrogen and oxygen atoms in total. The topological polar surface area (TPSA) is 36.4 Å². The number of likely N-dealkylation sites (tertiary alicyclic amines) is 1. The van der Waals surface area contributed by atoms with Crippen LogP contribution in [0.3, 0.4) is 0 Å². The fourth-order valence-corrected chi connectivity index (χ4v) is 4.06. The van der Waals surface area contributed by atoms with Crippen LogP contribution in [0.5, 0.6) is 0 Å². The molecule has 1 aliphatic heterocycles. The van der Waals surface area contributed by atoms with Crippen LogP contribution in [0.15, 0.2) is 23.6 Å². The van der Waals surface area contributed by atoms with E-state index < -0.39 is 17.7 Å². The Bertz CT molecular complexity index is 648. The number of aryl methyl sites for hydroxylation is 1. The van der Waals surface area contributed by atoms with E-state index in [0.29, 0.717) is 5.92 Å². The first-order chi connectivity index (χ1) is 11.0. The van der Waals surface area contributed by atoms with Crippen molar-refractivity contribution in [2.24, 2.45) is 0 Å². The first-order valence-electron chi connectivity index (χ1n) is 7.81. The van der Waals surface area contributed by atoms with Crippen LogP contribution in [-0.2, 0) is 0 Å².